The van der Waals surface area contributed by atoms with Crippen molar-refractivity contribution in [2.24, 2.45) is 16.6 Å². The summed E-state index contributed by atoms with van der Waals surface area (Å²) in [7, 11) is 3.45. The quantitative estimate of drug-likeness (QED) is 0.327. The number of methoxy groups -OCH3 is 1. The number of nitrogens with zero attached hydrogens (tertiary/aromatic N) is 2. The normalized spacial score (nSPS) is 21.4. The van der Waals surface area contributed by atoms with Crippen LogP contribution in [0.1, 0.15) is 26.2 Å². The third-order valence-electron chi connectivity index (χ3n) is 3.87. The van der Waals surface area contributed by atoms with Crippen LogP contribution in [-0.4, -0.2) is 69.8 Å². The first-order chi connectivity index (χ1) is 10.6. The van der Waals surface area contributed by atoms with Gasteiger partial charge in [0.05, 0.1) is 12.5 Å². The van der Waals surface area contributed by atoms with Gasteiger partial charge < -0.3 is 26.0 Å². The standard InChI is InChI=1S/C15H31N5O2/c1-12(11-22-3)19-15(17-2)18-7-5-9-20-8-4-6-13(10-20)14(16)21/h12-13H,4-11H2,1-3H3,(H2,16,21)(H2,17,18,19). The molecule has 1 rings (SSSR count). The van der Waals surface area contributed by atoms with Gasteiger partial charge in [-0.05, 0) is 39.3 Å². The van der Waals surface area contributed by atoms with Crippen molar-refractivity contribution < 1.29 is 9.53 Å². The average Bonchev–Trinajstić information content (AvgIpc) is 2.50. The Kier molecular flexibility index (Phi) is 8.84. The van der Waals surface area contributed by atoms with Crippen LogP contribution < -0.4 is 16.4 Å². The second-order valence-corrected chi connectivity index (χ2v) is 5.90. The van der Waals surface area contributed by atoms with Crippen molar-refractivity contribution in [2.45, 2.75) is 32.2 Å². The fourth-order valence-corrected chi connectivity index (χ4v) is 2.72. The van der Waals surface area contributed by atoms with E-state index in [0.29, 0.717) is 6.61 Å². The van der Waals surface area contributed by atoms with E-state index in [2.05, 4.69) is 20.5 Å². The van der Waals surface area contributed by atoms with Crippen LogP contribution >= 0.6 is 0 Å². The fraction of sp³-hybridized carbons (Fsp3) is 0.867. The van der Waals surface area contributed by atoms with Crippen molar-refractivity contribution in [3.05, 3.63) is 0 Å². The highest BCUT2D eigenvalue weighted by Crippen LogP contribution is 2.15. The lowest BCUT2D eigenvalue weighted by Gasteiger charge is -2.31. The third-order valence-corrected chi connectivity index (χ3v) is 3.87. The van der Waals surface area contributed by atoms with E-state index in [-0.39, 0.29) is 17.9 Å². The van der Waals surface area contributed by atoms with Gasteiger partial charge in [0.25, 0.3) is 0 Å². The van der Waals surface area contributed by atoms with Gasteiger partial charge in [-0.3, -0.25) is 9.79 Å². The number of amides is 1. The zero-order chi connectivity index (χ0) is 16.4. The largest absolute Gasteiger partial charge is 0.383 e. The van der Waals surface area contributed by atoms with E-state index in [1.165, 1.54) is 0 Å². The highest BCUT2D eigenvalue weighted by molar-refractivity contribution is 5.79. The Bertz CT molecular complexity index is 362. The Morgan fingerprint density at radius 2 is 2.32 bits per heavy atom. The number of ether oxygens (including phenoxy) is 1. The van der Waals surface area contributed by atoms with Gasteiger partial charge in [-0.1, -0.05) is 0 Å². The number of carbonyl (C=O) groups excluding carboxylic acids is 1. The molecule has 22 heavy (non-hydrogen) atoms. The lowest BCUT2D eigenvalue weighted by Crippen LogP contribution is -2.45. The van der Waals surface area contributed by atoms with Crippen LogP contribution in [0.15, 0.2) is 4.99 Å². The topological polar surface area (TPSA) is 92.0 Å². The number of nitrogens with two attached hydrogens (primary N) is 1. The molecule has 1 fully saturated rings. The first kappa shape index (κ1) is 18.7. The molecule has 4 N–H and O–H groups in total. The molecule has 128 valence electrons. The number of piperidine rings is 1. The van der Waals surface area contributed by atoms with Crippen molar-refractivity contribution in [3.63, 3.8) is 0 Å². The number of hydrogen-bond donors (Lipinski definition) is 3. The Morgan fingerprint density at radius 3 is 2.95 bits per heavy atom. The van der Waals surface area contributed by atoms with E-state index in [4.69, 9.17) is 10.5 Å². The molecule has 7 nitrogen and oxygen atoms in total. The Morgan fingerprint density at radius 1 is 1.55 bits per heavy atom. The molecule has 0 aromatic carbocycles. The number of likely N-dealkylation sites (tertiary alicyclic amines) is 1. The van der Waals surface area contributed by atoms with Crippen molar-refractivity contribution in [1.29, 1.82) is 0 Å². The zero-order valence-electron chi connectivity index (χ0n) is 14.1. The summed E-state index contributed by atoms with van der Waals surface area (Å²) >= 11 is 0. The van der Waals surface area contributed by atoms with Gasteiger partial charge >= 0.3 is 0 Å². The van der Waals surface area contributed by atoms with Crippen LogP contribution in [0.25, 0.3) is 0 Å². The fourth-order valence-electron chi connectivity index (χ4n) is 2.72. The van der Waals surface area contributed by atoms with Gasteiger partial charge in [-0.2, -0.15) is 0 Å². The number of guanidine groups is 1. The molecule has 0 saturated carbocycles. The SMILES string of the molecule is CN=C(NCCCN1CCCC(C(N)=O)C1)NC(C)COC. The summed E-state index contributed by atoms with van der Waals surface area (Å²) in [4.78, 5) is 17.8. The second-order valence-electron chi connectivity index (χ2n) is 5.90. The second kappa shape index (κ2) is 10.4. The monoisotopic (exact) mass is 313 g/mol. The molecule has 1 aliphatic heterocycles. The third kappa shape index (κ3) is 7.09. The van der Waals surface area contributed by atoms with Gasteiger partial charge in [0.15, 0.2) is 5.96 Å². The Hall–Kier alpha value is -1.34. The van der Waals surface area contributed by atoms with Gasteiger partial charge in [0, 0.05) is 33.3 Å². The van der Waals surface area contributed by atoms with Gasteiger partial charge in [-0.25, -0.2) is 0 Å². The minimum absolute atomic E-state index is 0.0195. The summed E-state index contributed by atoms with van der Waals surface area (Å²) in [6.07, 6.45) is 2.99. The van der Waals surface area contributed by atoms with Crippen molar-refractivity contribution in [3.8, 4) is 0 Å². The summed E-state index contributed by atoms with van der Waals surface area (Å²) in [5.74, 6) is 0.642. The first-order valence-electron chi connectivity index (χ1n) is 8.04. The van der Waals surface area contributed by atoms with Crippen LogP contribution in [0, 0.1) is 5.92 Å². The van der Waals surface area contributed by atoms with Crippen LogP contribution in [0.3, 0.4) is 0 Å². The molecular weight excluding hydrogens is 282 g/mol. The summed E-state index contributed by atoms with van der Waals surface area (Å²) < 4.78 is 5.09. The molecule has 2 unspecified atom stereocenters. The molecule has 1 heterocycles. The molecule has 0 aliphatic carbocycles. The summed E-state index contributed by atoms with van der Waals surface area (Å²) in [6, 6.07) is 0.217. The van der Waals surface area contributed by atoms with Crippen molar-refractivity contribution in [1.82, 2.24) is 15.5 Å². The number of aliphatic imine (C=N–C) groups is 1. The van der Waals surface area contributed by atoms with Gasteiger partial charge in [-0.15, -0.1) is 0 Å². The zero-order valence-corrected chi connectivity index (χ0v) is 14.1. The van der Waals surface area contributed by atoms with E-state index in [1.54, 1.807) is 14.2 Å². The number of primary amides is 1. The number of carbonyl (C=O) groups is 1. The molecule has 1 saturated heterocycles. The lowest BCUT2D eigenvalue weighted by molar-refractivity contribution is -0.123. The predicted octanol–water partition coefficient (Wildman–Crippen LogP) is -0.226. The maximum Gasteiger partial charge on any atom is 0.221 e. The number of hydrogen-bond acceptors (Lipinski definition) is 4. The highest BCUT2D eigenvalue weighted by atomic mass is 16.5. The number of rotatable bonds is 8. The van der Waals surface area contributed by atoms with Crippen LogP contribution in [0.4, 0.5) is 0 Å². The van der Waals surface area contributed by atoms with Gasteiger partial charge in [0.1, 0.15) is 0 Å². The van der Waals surface area contributed by atoms with E-state index in [0.717, 1.165) is 51.4 Å². The summed E-state index contributed by atoms with van der Waals surface area (Å²) in [6.45, 7) is 6.37. The van der Waals surface area contributed by atoms with E-state index in [1.807, 2.05) is 6.92 Å². The predicted molar refractivity (Wildman–Crippen MR) is 88.8 cm³/mol. The van der Waals surface area contributed by atoms with Crippen LogP contribution in [-0.2, 0) is 9.53 Å². The first-order valence-corrected chi connectivity index (χ1v) is 8.04. The van der Waals surface area contributed by atoms with Crippen LogP contribution in [0.5, 0.6) is 0 Å². The molecule has 1 amide bonds. The Balaban J connectivity index is 2.19. The molecule has 0 radical (unpaired) electrons. The van der Waals surface area contributed by atoms with Crippen LogP contribution in [0.2, 0.25) is 0 Å². The molecule has 2 atom stereocenters. The van der Waals surface area contributed by atoms with Gasteiger partial charge in [0.2, 0.25) is 5.91 Å². The maximum absolute atomic E-state index is 11.3. The molecule has 1 aliphatic rings. The molecule has 0 aromatic rings. The lowest BCUT2D eigenvalue weighted by atomic mass is 9.97. The average molecular weight is 313 g/mol. The maximum atomic E-state index is 11.3. The van der Waals surface area contributed by atoms with Crippen molar-refractivity contribution >= 4 is 11.9 Å². The Labute approximate surface area is 133 Å². The molecule has 0 aromatic heterocycles. The molecule has 0 spiro atoms. The molecule has 0 bridgehead atoms. The smallest absolute Gasteiger partial charge is 0.221 e. The van der Waals surface area contributed by atoms with E-state index in [9.17, 15) is 4.79 Å². The summed E-state index contributed by atoms with van der Waals surface area (Å²) in [5.41, 5.74) is 5.40. The van der Waals surface area contributed by atoms with Crippen molar-refractivity contribution in [2.75, 3.05) is 46.9 Å². The van der Waals surface area contributed by atoms with E-state index < -0.39 is 0 Å². The number of nitrogens with one attached hydrogen (secondary N) is 2. The van der Waals surface area contributed by atoms with E-state index >= 15 is 0 Å². The minimum atomic E-state index is -0.167. The minimum Gasteiger partial charge on any atom is -0.383 e. The summed E-state index contributed by atoms with van der Waals surface area (Å²) in [5, 5.41) is 6.56. The molecule has 7 heteroatoms. The highest BCUT2D eigenvalue weighted by Gasteiger charge is 2.23. The molecular formula is C15H31N5O2.